The lowest BCUT2D eigenvalue weighted by atomic mass is 9.84. The van der Waals surface area contributed by atoms with Gasteiger partial charge in [-0.2, -0.15) is 0 Å². The van der Waals surface area contributed by atoms with Gasteiger partial charge in [0.2, 0.25) is 5.91 Å². The van der Waals surface area contributed by atoms with Crippen molar-refractivity contribution in [3.05, 3.63) is 88.9 Å². The molecule has 1 aliphatic heterocycles. The number of benzene rings is 3. The molecule has 1 aliphatic rings. The van der Waals surface area contributed by atoms with E-state index >= 15 is 0 Å². The molecule has 1 amide bonds. The maximum atomic E-state index is 13.8. The Morgan fingerprint density at radius 2 is 1.56 bits per heavy atom. The molecule has 4 rings (SSSR count). The Bertz CT molecular complexity index is 1290. The van der Waals surface area contributed by atoms with E-state index < -0.39 is 19.7 Å². The summed E-state index contributed by atoms with van der Waals surface area (Å²) in [5.41, 5.74) is 0.0430. The minimum absolute atomic E-state index is 0.00646. The van der Waals surface area contributed by atoms with Gasteiger partial charge in [0, 0.05) is 28.9 Å². The zero-order valence-electron chi connectivity index (χ0n) is 23.7. The molecule has 0 aromatic heterocycles. The van der Waals surface area contributed by atoms with Gasteiger partial charge in [0.25, 0.3) is 8.32 Å². The molecule has 2 atom stereocenters. The van der Waals surface area contributed by atoms with Crippen molar-refractivity contribution in [3.63, 3.8) is 0 Å². The van der Waals surface area contributed by atoms with Gasteiger partial charge in [0.05, 0.1) is 6.61 Å². The highest BCUT2D eigenvalue weighted by molar-refractivity contribution is 9.10. The van der Waals surface area contributed by atoms with Gasteiger partial charge in [-0.25, -0.2) is 0 Å². The number of rotatable bonds is 9. The van der Waals surface area contributed by atoms with E-state index in [-0.39, 0.29) is 23.5 Å². The van der Waals surface area contributed by atoms with E-state index in [0.717, 1.165) is 10.2 Å². The van der Waals surface area contributed by atoms with Crippen LogP contribution in [0.25, 0.3) is 0 Å². The summed E-state index contributed by atoms with van der Waals surface area (Å²) in [6.07, 6.45) is 0. The number of esters is 1. The molecule has 0 N–H and O–H groups in total. The number of hydrogen-bond donors (Lipinski definition) is 0. The zero-order chi connectivity index (χ0) is 28.4. The number of halogens is 1. The van der Waals surface area contributed by atoms with E-state index in [0.29, 0.717) is 18.7 Å². The minimum atomic E-state index is -2.71. The van der Waals surface area contributed by atoms with E-state index in [1.165, 1.54) is 10.4 Å². The number of carbonyl (C=O) groups excluding carboxylic acids is 2. The van der Waals surface area contributed by atoms with Crippen LogP contribution >= 0.6 is 15.9 Å². The van der Waals surface area contributed by atoms with Crippen LogP contribution in [-0.4, -0.2) is 40.0 Å². The van der Waals surface area contributed by atoms with E-state index in [2.05, 4.69) is 92.2 Å². The summed E-state index contributed by atoms with van der Waals surface area (Å²) < 4.78 is 13.3. The molecular weight excluding hydrogens is 570 g/mol. The van der Waals surface area contributed by atoms with Crippen LogP contribution in [0.2, 0.25) is 5.04 Å². The van der Waals surface area contributed by atoms with Crippen molar-refractivity contribution >= 4 is 52.2 Å². The first-order valence-corrected chi connectivity index (χ1v) is 16.2. The van der Waals surface area contributed by atoms with Crippen molar-refractivity contribution < 1.29 is 18.8 Å². The molecule has 206 valence electrons. The fraction of sp³-hybridized carbons (Fsp3) is 0.375. The molecule has 0 aliphatic carbocycles. The monoisotopic (exact) mass is 607 g/mol. The van der Waals surface area contributed by atoms with Crippen LogP contribution in [0.4, 0.5) is 5.69 Å². The van der Waals surface area contributed by atoms with Gasteiger partial charge in [0.1, 0.15) is 0 Å². The zero-order valence-corrected chi connectivity index (χ0v) is 26.2. The van der Waals surface area contributed by atoms with Gasteiger partial charge in [0.15, 0.2) is 5.41 Å². The average molecular weight is 609 g/mol. The highest BCUT2D eigenvalue weighted by atomic mass is 79.9. The molecule has 0 fully saturated rings. The summed E-state index contributed by atoms with van der Waals surface area (Å²) in [6, 6.07) is 26.7. The maximum absolute atomic E-state index is 13.8. The van der Waals surface area contributed by atoms with E-state index in [9.17, 15) is 9.59 Å². The van der Waals surface area contributed by atoms with Crippen molar-refractivity contribution in [2.45, 2.75) is 52.0 Å². The number of fused-ring (bicyclic) bond motifs is 1. The van der Waals surface area contributed by atoms with E-state index in [1.807, 2.05) is 30.3 Å². The Balaban J connectivity index is 1.66. The first-order chi connectivity index (χ1) is 18.5. The molecule has 0 bridgehead atoms. The second-order valence-corrected chi connectivity index (χ2v) is 16.7. The largest absolute Gasteiger partial charge is 0.465 e. The predicted octanol–water partition coefficient (Wildman–Crippen LogP) is 5.83. The summed E-state index contributed by atoms with van der Waals surface area (Å²) in [6.45, 7) is 13.4. The standard InChI is InChI=1S/C32H38BrNO4Si/c1-7-37-30(36)32(6)27-19-18-24(33)20-28(27)34(29(32)35)21-23(2)22-38-39(31(3,4)5,25-14-10-8-11-15-25)26-16-12-9-13-17-26/h8-20,23H,7,21-22H2,1-6H3/t23?,32-/m1/s1. The van der Waals surface area contributed by atoms with E-state index in [1.54, 1.807) is 18.7 Å². The molecule has 0 spiro atoms. The van der Waals surface area contributed by atoms with Gasteiger partial charge in [-0.15, -0.1) is 0 Å². The minimum Gasteiger partial charge on any atom is -0.465 e. The molecule has 7 heteroatoms. The van der Waals surface area contributed by atoms with Crippen LogP contribution in [-0.2, 0) is 24.2 Å². The number of nitrogens with zero attached hydrogens (tertiary/aromatic N) is 1. The molecule has 39 heavy (non-hydrogen) atoms. The lowest BCUT2D eigenvalue weighted by Gasteiger charge is -2.43. The van der Waals surface area contributed by atoms with Crippen LogP contribution in [0.15, 0.2) is 83.3 Å². The lowest BCUT2D eigenvalue weighted by Crippen LogP contribution is -2.67. The highest BCUT2D eigenvalue weighted by Crippen LogP contribution is 2.44. The maximum Gasteiger partial charge on any atom is 0.326 e. The normalized spacial score (nSPS) is 18.1. The Hall–Kier alpha value is -2.74. The van der Waals surface area contributed by atoms with E-state index in [4.69, 9.17) is 9.16 Å². The smallest absolute Gasteiger partial charge is 0.326 e. The molecule has 3 aromatic rings. The fourth-order valence-corrected chi connectivity index (χ4v) is 10.7. The van der Waals surface area contributed by atoms with Gasteiger partial charge in [-0.1, -0.05) is 110 Å². The quantitative estimate of drug-likeness (QED) is 0.174. The summed E-state index contributed by atoms with van der Waals surface area (Å²) in [5, 5.41) is 2.30. The van der Waals surface area contributed by atoms with Crippen LogP contribution in [0, 0.1) is 5.92 Å². The summed E-state index contributed by atoms with van der Waals surface area (Å²) in [4.78, 5) is 28.6. The third-order valence-electron chi connectivity index (χ3n) is 7.64. The molecule has 3 aromatic carbocycles. The highest BCUT2D eigenvalue weighted by Gasteiger charge is 2.54. The number of anilines is 1. The topological polar surface area (TPSA) is 55.8 Å². The number of hydrogen-bond acceptors (Lipinski definition) is 4. The first kappa shape index (κ1) is 29.2. The van der Waals surface area contributed by atoms with Gasteiger partial charge < -0.3 is 14.1 Å². The molecule has 5 nitrogen and oxygen atoms in total. The van der Waals surface area contributed by atoms with Gasteiger partial charge in [-0.3, -0.25) is 9.59 Å². The van der Waals surface area contributed by atoms with Gasteiger partial charge in [-0.05, 0) is 47.3 Å². The number of ether oxygens (including phenoxy) is 1. The second-order valence-electron chi connectivity index (χ2n) is 11.5. The Kier molecular flexibility index (Phi) is 8.54. The Labute approximate surface area is 241 Å². The van der Waals surface area contributed by atoms with Gasteiger partial charge >= 0.3 is 5.97 Å². The summed E-state index contributed by atoms with van der Waals surface area (Å²) in [5.74, 6) is -0.768. The van der Waals surface area contributed by atoms with Crippen molar-refractivity contribution in [2.75, 3.05) is 24.7 Å². The molecule has 1 heterocycles. The van der Waals surface area contributed by atoms with Crippen LogP contribution in [0.3, 0.4) is 0 Å². The summed E-state index contributed by atoms with van der Waals surface area (Å²) in [7, 11) is -2.71. The van der Waals surface area contributed by atoms with Crippen molar-refractivity contribution in [3.8, 4) is 0 Å². The molecule has 0 radical (unpaired) electrons. The molecule has 0 saturated carbocycles. The summed E-state index contributed by atoms with van der Waals surface area (Å²) >= 11 is 3.54. The molecular formula is C32H38BrNO4Si. The predicted molar refractivity (Wildman–Crippen MR) is 163 cm³/mol. The first-order valence-electron chi connectivity index (χ1n) is 13.5. The number of carbonyl (C=O) groups is 2. The fourth-order valence-electron chi connectivity index (χ4n) is 5.69. The van der Waals surface area contributed by atoms with Crippen molar-refractivity contribution in [1.82, 2.24) is 0 Å². The third-order valence-corrected chi connectivity index (χ3v) is 13.1. The van der Waals surface area contributed by atoms with Crippen molar-refractivity contribution in [2.24, 2.45) is 5.92 Å². The SMILES string of the molecule is CCOC(=O)[C@@]1(C)C(=O)N(CC(C)CO[Si](c2ccccc2)(c2ccccc2)C(C)(C)C)c2cc(Br)ccc21. The van der Waals surface area contributed by atoms with Crippen molar-refractivity contribution in [1.29, 1.82) is 0 Å². The Morgan fingerprint density at radius 1 is 1.00 bits per heavy atom. The van der Waals surface area contributed by atoms with Crippen LogP contribution in [0.1, 0.15) is 47.1 Å². The second kappa shape index (κ2) is 11.4. The average Bonchev–Trinajstić information content (AvgIpc) is 3.11. The number of amides is 1. The lowest BCUT2D eigenvalue weighted by molar-refractivity contribution is -0.152. The van der Waals surface area contributed by atoms with Crippen LogP contribution in [0.5, 0.6) is 0 Å². The Morgan fingerprint density at radius 3 is 2.08 bits per heavy atom. The molecule has 1 unspecified atom stereocenters. The van der Waals surface area contributed by atoms with Crippen LogP contribution < -0.4 is 15.3 Å². The third kappa shape index (κ3) is 5.24. The molecule has 0 saturated heterocycles.